The summed E-state index contributed by atoms with van der Waals surface area (Å²) in [4.78, 5) is 12.9. The summed E-state index contributed by atoms with van der Waals surface area (Å²) in [5.41, 5.74) is 0.145. The molecule has 28 heavy (non-hydrogen) atoms. The quantitative estimate of drug-likeness (QED) is 0.405. The lowest BCUT2D eigenvalue weighted by Gasteiger charge is -2.45. The lowest BCUT2D eigenvalue weighted by atomic mass is 9.63. The average molecular weight is 405 g/mol. The average Bonchev–Trinajstić information content (AvgIpc) is 3.20. The van der Waals surface area contributed by atoms with Crippen LogP contribution in [0.1, 0.15) is 79.8 Å². The molecule has 2 N–H and O–H groups in total. The summed E-state index contributed by atoms with van der Waals surface area (Å²) in [7, 11) is 0. The highest BCUT2D eigenvalue weighted by Crippen LogP contribution is 2.48. The molecule has 5 atom stereocenters. The Labute approximate surface area is 173 Å². The fourth-order valence-electron chi connectivity index (χ4n) is 5.40. The lowest BCUT2D eigenvalue weighted by molar-refractivity contribution is -0.0355. The van der Waals surface area contributed by atoms with Crippen LogP contribution < -0.4 is 0 Å². The molecule has 0 aliphatic heterocycles. The predicted octanol–water partition coefficient (Wildman–Crippen LogP) is 5.40. The fraction of sp³-hybridized carbons (Fsp3) is 0.708. The number of aldehydes is 1. The van der Waals surface area contributed by atoms with E-state index in [1.807, 2.05) is 6.07 Å². The van der Waals surface area contributed by atoms with Gasteiger partial charge in [-0.3, -0.25) is 4.79 Å². The molecule has 0 aromatic carbocycles. The summed E-state index contributed by atoms with van der Waals surface area (Å²) < 4.78 is 0. The summed E-state index contributed by atoms with van der Waals surface area (Å²) in [5.74, 6) is 1.23. The Balaban J connectivity index is 1.52. The Hall–Kier alpha value is -0.970. The Morgan fingerprint density at radius 2 is 2.14 bits per heavy atom. The van der Waals surface area contributed by atoms with Gasteiger partial charge in [0.15, 0.2) is 6.29 Å². The summed E-state index contributed by atoms with van der Waals surface area (Å²) >= 11 is 1.59. The van der Waals surface area contributed by atoms with E-state index in [-0.39, 0.29) is 23.5 Å². The molecule has 156 valence electrons. The first-order chi connectivity index (χ1) is 13.5. The van der Waals surface area contributed by atoms with Gasteiger partial charge < -0.3 is 10.2 Å². The third-order valence-corrected chi connectivity index (χ3v) is 8.59. The van der Waals surface area contributed by atoms with Crippen molar-refractivity contribution in [3.8, 4) is 0 Å². The number of aliphatic hydroxyl groups excluding tert-OH is 2. The molecule has 0 bridgehead atoms. The van der Waals surface area contributed by atoms with Gasteiger partial charge in [-0.25, -0.2) is 0 Å². The standard InChI is InChI=1S/C24H36O3S/c1-3-24(13-6-14-24)23(27)10-5-9-21-20(17(2)15-22(21)26)8-4-7-18-11-12-19(16-25)28-18/h5,9,11-12,16-17,20-23,26-27H,3-4,6-8,10,13-15H2,1-2H3/b9-5+/t17?,20-,21?,22?,23?/m0/s1. The molecule has 0 amide bonds. The minimum absolute atomic E-state index is 0.145. The normalized spacial score (nSPS) is 30.4. The number of carbonyl (C=O) groups is 1. The van der Waals surface area contributed by atoms with E-state index in [4.69, 9.17) is 0 Å². The second-order valence-electron chi connectivity index (χ2n) is 9.08. The monoisotopic (exact) mass is 404 g/mol. The van der Waals surface area contributed by atoms with Crippen LogP contribution in [0.4, 0.5) is 0 Å². The third kappa shape index (κ3) is 4.77. The van der Waals surface area contributed by atoms with E-state index in [0.29, 0.717) is 18.3 Å². The van der Waals surface area contributed by atoms with E-state index in [2.05, 4.69) is 32.1 Å². The van der Waals surface area contributed by atoms with Gasteiger partial charge in [-0.1, -0.05) is 32.4 Å². The first kappa shape index (κ1) is 21.7. The largest absolute Gasteiger partial charge is 0.392 e. The van der Waals surface area contributed by atoms with E-state index in [1.165, 1.54) is 11.3 Å². The van der Waals surface area contributed by atoms with Crippen LogP contribution in [-0.4, -0.2) is 28.7 Å². The van der Waals surface area contributed by atoms with Crippen LogP contribution in [0.25, 0.3) is 0 Å². The first-order valence-electron chi connectivity index (χ1n) is 11.1. The third-order valence-electron chi connectivity index (χ3n) is 7.52. The topological polar surface area (TPSA) is 57.5 Å². The van der Waals surface area contributed by atoms with Gasteiger partial charge in [0.05, 0.1) is 17.1 Å². The molecule has 2 aliphatic rings. The predicted molar refractivity (Wildman–Crippen MR) is 116 cm³/mol. The minimum Gasteiger partial charge on any atom is -0.392 e. The van der Waals surface area contributed by atoms with E-state index < -0.39 is 0 Å². The van der Waals surface area contributed by atoms with Crippen molar-refractivity contribution in [2.24, 2.45) is 23.2 Å². The summed E-state index contributed by atoms with van der Waals surface area (Å²) in [6.07, 6.45) is 14.1. The van der Waals surface area contributed by atoms with Crippen molar-refractivity contribution in [3.63, 3.8) is 0 Å². The Bertz CT molecular complexity index is 655. The van der Waals surface area contributed by atoms with Crippen LogP contribution in [-0.2, 0) is 6.42 Å². The Kier molecular flexibility index (Phi) is 7.52. The van der Waals surface area contributed by atoms with Gasteiger partial charge in [-0.15, -0.1) is 11.3 Å². The van der Waals surface area contributed by atoms with Crippen LogP contribution in [0.2, 0.25) is 0 Å². The van der Waals surface area contributed by atoms with Gasteiger partial charge in [0.25, 0.3) is 0 Å². The zero-order valence-corrected chi connectivity index (χ0v) is 18.2. The molecule has 0 radical (unpaired) electrons. The molecule has 2 fully saturated rings. The second kappa shape index (κ2) is 9.69. The molecule has 2 aliphatic carbocycles. The first-order valence-corrected chi connectivity index (χ1v) is 11.9. The maximum Gasteiger partial charge on any atom is 0.160 e. The molecule has 0 saturated heterocycles. The highest BCUT2D eigenvalue weighted by atomic mass is 32.1. The number of carbonyl (C=O) groups excluding carboxylic acids is 1. The number of rotatable bonds is 10. The van der Waals surface area contributed by atoms with Gasteiger partial charge in [0, 0.05) is 10.8 Å². The molecule has 2 saturated carbocycles. The maximum absolute atomic E-state index is 10.8. The molecule has 0 spiro atoms. The van der Waals surface area contributed by atoms with Crippen LogP contribution in [0.5, 0.6) is 0 Å². The zero-order chi connectivity index (χ0) is 20.1. The molecule has 4 heteroatoms. The van der Waals surface area contributed by atoms with Crippen LogP contribution in [0.3, 0.4) is 0 Å². The molecule has 1 aromatic heterocycles. The van der Waals surface area contributed by atoms with Crippen molar-refractivity contribution in [2.75, 3.05) is 0 Å². The summed E-state index contributed by atoms with van der Waals surface area (Å²) in [6, 6.07) is 3.96. The molecule has 1 heterocycles. The number of hydrogen-bond donors (Lipinski definition) is 2. The Morgan fingerprint density at radius 1 is 1.36 bits per heavy atom. The highest BCUT2D eigenvalue weighted by Gasteiger charge is 2.41. The molecule has 3 rings (SSSR count). The summed E-state index contributed by atoms with van der Waals surface area (Å²) in [6.45, 7) is 4.45. The highest BCUT2D eigenvalue weighted by molar-refractivity contribution is 7.13. The van der Waals surface area contributed by atoms with Gasteiger partial charge >= 0.3 is 0 Å². The lowest BCUT2D eigenvalue weighted by Crippen LogP contribution is -2.40. The van der Waals surface area contributed by atoms with Crippen molar-refractivity contribution >= 4 is 17.6 Å². The van der Waals surface area contributed by atoms with E-state index >= 15 is 0 Å². The number of thiophene rings is 1. The summed E-state index contributed by atoms with van der Waals surface area (Å²) in [5, 5.41) is 21.2. The van der Waals surface area contributed by atoms with Crippen molar-refractivity contribution in [1.82, 2.24) is 0 Å². The molecule has 3 nitrogen and oxygen atoms in total. The molecular formula is C24H36O3S. The van der Waals surface area contributed by atoms with E-state index in [1.54, 1.807) is 11.3 Å². The van der Waals surface area contributed by atoms with Crippen molar-refractivity contribution in [1.29, 1.82) is 0 Å². The van der Waals surface area contributed by atoms with Gasteiger partial charge in [-0.2, -0.15) is 0 Å². The van der Waals surface area contributed by atoms with Gasteiger partial charge in [0.1, 0.15) is 0 Å². The van der Waals surface area contributed by atoms with E-state index in [0.717, 1.165) is 56.1 Å². The van der Waals surface area contributed by atoms with Gasteiger partial charge in [0.2, 0.25) is 0 Å². The SMILES string of the molecule is CCC1(C(O)C/C=C/C2C(O)CC(C)[C@@H]2CCCc2ccc(C=O)s2)CCC1. The number of aryl methyl sites for hydroxylation is 1. The number of hydrogen-bond acceptors (Lipinski definition) is 4. The van der Waals surface area contributed by atoms with Crippen LogP contribution in [0.15, 0.2) is 24.3 Å². The van der Waals surface area contributed by atoms with E-state index in [9.17, 15) is 15.0 Å². The zero-order valence-electron chi connectivity index (χ0n) is 17.3. The molecular weight excluding hydrogens is 368 g/mol. The number of aliphatic hydroxyl groups is 2. The fourth-order valence-corrected chi connectivity index (χ4v) is 6.27. The van der Waals surface area contributed by atoms with Crippen LogP contribution in [0, 0.1) is 23.2 Å². The minimum atomic E-state index is -0.263. The van der Waals surface area contributed by atoms with Crippen molar-refractivity contribution in [3.05, 3.63) is 34.0 Å². The Morgan fingerprint density at radius 3 is 2.75 bits per heavy atom. The maximum atomic E-state index is 10.8. The molecule has 4 unspecified atom stereocenters. The second-order valence-corrected chi connectivity index (χ2v) is 10.3. The smallest absolute Gasteiger partial charge is 0.160 e. The van der Waals surface area contributed by atoms with Gasteiger partial charge in [-0.05, 0) is 80.8 Å². The molecule has 1 aromatic rings. The van der Waals surface area contributed by atoms with Crippen molar-refractivity contribution < 1.29 is 15.0 Å². The van der Waals surface area contributed by atoms with Crippen molar-refractivity contribution in [2.45, 2.75) is 83.8 Å². The van der Waals surface area contributed by atoms with Crippen LogP contribution >= 0.6 is 11.3 Å².